The van der Waals surface area contributed by atoms with Crippen LogP contribution in [0.4, 0.5) is 11.4 Å². The zero-order chi connectivity index (χ0) is 20.5. The lowest BCUT2D eigenvalue weighted by atomic mass is 10.2. The molecule has 28 heavy (non-hydrogen) atoms. The SMILES string of the molecule is CC(=O)O.CN(Cc1ccccc1)c1ccc(N=NC2N(C)C=NN2C)cc1. The second-order valence-electron chi connectivity index (χ2n) is 6.41. The molecule has 1 N–H and O–H groups in total. The molecule has 3 rings (SSSR count). The molecular weight excluding hydrogens is 356 g/mol. The van der Waals surface area contributed by atoms with Crippen LogP contribution in [0.5, 0.6) is 0 Å². The lowest BCUT2D eigenvalue weighted by Crippen LogP contribution is -2.32. The zero-order valence-corrected chi connectivity index (χ0v) is 16.6. The highest BCUT2D eigenvalue weighted by Crippen LogP contribution is 2.22. The number of hydrazone groups is 1. The van der Waals surface area contributed by atoms with Crippen LogP contribution in [-0.4, -0.2) is 54.8 Å². The Balaban J connectivity index is 0.000000640. The van der Waals surface area contributed by atoms with E-state index in [0.717, 1.165) is 24.8 Å². The molecule has 1 unspecified atom stereocenters. The van der Waals surface area contributed by atoms with Crippen molar-refractivity contribution in [3.63, 3.8) is 0 Å². The molecule has 0 fully saturated rings. The van der Waals surface area contributed by atoms with E-state index in [1.807, 2.05) is 37.2 Å². The number of azo groups is 1. The predicted octanol–water partition coefficient (Wildman–Crippen LogP) is 3.60. The Morgan fingerprint density at radius 3 is 2.29 bits per heavy atom. The summed E-state index contributed by atoms with van der Waals surface area (Å²) in [7, 11) is 5.90. The molecule has 8 nitrogen and oxygen atoms in total. The Bertz CT molecular complexity index is 791. The molecule has 1 aliphatic heterocycles. The largest absolute Gasteiger partial charge is 0.481 e. The van der Waals surface area contributed by atoms with E-state index in [1.54, 1.807) is 11.3 Å². The molecule has 2 aromatic rings. The molecule has 0 saturated carbocycles. The van der Waals surface area contributed by atoms with E-state index in [4.69, 9.17) is 9.90 Å². The van der Waals surface area contributed by atoms with E-state index in [0.29, 0.717) is 0 Å². The third-order valence-corrected chi connectivity index (χ3v) is 3.94. The monoisotopic (exact) mass is 382 g/mol. The van der Waals surface area contributed by atoms with Gasteiger partial charge in [-0.25, -0.2) is 0 Å². The van der Waals surface area contributed by atoms with Crippen molar-refractivity contribution in [3.8, 4) is 0 Å². The number of anilines is 1. The predicted molar refractivity (Wildman–Crippen MR) is 111 cm³/mol. The van der Waals surface area contributed by atoms with E-state index in [-0.39, 0.29) is 6.29 Å². The first kappa shape index (κ1) is 20.9. The molecule has 1 heterocycles. The fourth-order valence-electron chi connectivity index (χ4n) is 2.54. The molecule has 1 atom stereocenters. The standard InChI is InChI=1S/C18H22N6.C2H4O2/c1-22(13-15-7-5-4-6-8-15)17-11-9-16(10-12-17)20-21-18-23(2)14-19-24(18)3;1-2(3)4/h4-12,14,18H,13H2,1-3H3;1H3,(H,3,4). The highest BCUT2D eigenvalue weighted by atomic mass is 16.4. The lowest BCUT2D eigenvalue weighted by molar-refractivity contribution is -0.134. The molecule has 8 heteroatoms. The molecule has 1 aliphatic rings. The van der Waals surface area contributed by atoms with Gasteiger partial charge in [-0.05, 0) is 29.8 Å². The Morgan fingerprint density at radius 2 is 1.75 bits per heavy atom. The van der Waals surface area contributed by atoms with Gasteiger partial charge in [-0.2, -0.15) is 10.2 Å². The van der Waals surface area contributed by atoms with E-state index in [2.05, 4.69) is 63.7 Å². The van der Waals surface area contributed by atoms with Gasteiger partial charge < -0.3 is 14.9 Å². The topological polar surface area (TPSA) is 84.1 Å². The van der Waals surface area contributed by atoms with Crippen LogP contribution in [0.25, 0.3) is 0 Å². The van der Waals surface area contributed by atoms with Gasteiger partial charge in [0.2, 0.25) is 6.29 Å². The molecule has 148 valence electrons. The summed E-state index contributed by atoms with van der Waals surface area (Å²) >= 11 is 0. The molecule has 0 radical (unpaired) electrons. The van der Waals surface area contributed by atoms with Gasteiger partial charge in [0.05, 0.1) is 5.69 Å². The number of aliphatic carboxylic acids is 1. The summed E-state index contributed by atoms with van der Waals surface area (Å²) in [5.74, 6) is -0.833. The van der Waals surface area contributed by atoms with Gasteiger partial charge in [0.15, 0.2) is 0 Å². The van der Waals surface area contributed by atoms with Crippen LogP contribution < -0.4 is 4.90 Å². The maximum Gasteiger partial charge on any atom is 0.300 e. The minimum atomic E-state index is -0.833. The van der Waals surface area contributed by atoms with Crippen LogP contribution in [0.15, 0.2) is 69.9 Å². The van der Waals surface area contributed by atoms with Crippen molar-refractivity contribution in [3.05, 3.63) is 60.2 Å². The molecule has 0 aromatic heterocycles. The van der Waals surface area contributed by atoms with E-state index < -0.39 is 5.97 Å². The summed E-state index contributed by atoms with van der Waals surface area (Å²) in [6.45, 7) is 1.96. The first-order valence-corrected chi connectivity index (χ1v) is 8.81. The van der Waals surface area contributed by atoms with Crippen LogP contribution >= 0.6 is 0 Å². The Kier molecular flexibility index (Phi) is 7.50. The number of nitrogens with zero attached hydrogens (tertiary/aromatic N) is 6. The number of benzene rings is 2. The van der Waals surface area contributed by atoms with Gasteiger partial charge in [0, 0.05) is 40.3 Å². The fraction of sp³-hybridized carbons (Fsp3) is 0.300. The van der Waals surface area contributed by atoms with Crippen molar-refractivity contribution >= 4 is 23.7 Å². The first-order chi connectivity index (χ1) is 13.4. The highest BCUT2D eigenvalue weighted by Gasteiger charge is 2.20. The Morgan fingerprint density at radius 1 is 1.14 bits per heavy atom. The molecule has 0 saturated heterocycles. The van der Waals surface area contributed by atoms with Crippen LogP contribution in [0.1, 0.15) is 12.5 Å². The summed E-state index contributed by atoms with van der Waals surface area (Å²) in [5.41, 5.74) is 3.27. The summed E-state index contributed by atoms with van der Waals surface area (Å²) in [6, 6.07) is 18.5. The van der Waals surface area contributed by atoms with Crippen molar-refractivity contribution < 1.29 is 9.90 Å². The smallest absolute Gasteiger partial charge is 0.300 e. The Labute approximate surface area is 165 Å². The van der Waals surface area contributed by atoms with Gasteiger partial charge in [0.25, 0.3) is 5.97 Å². The molecule has 2 aromatic carbocycles. The van der Waals surface area contributed by atoms with E-state index in [9.17, 15) is 0 Å². The summed E-state index contributed by atoms with van der Waals surface area (Å²) in [6.07, 6.45) is 1.57. The number of carboxylic acid groups (broad SMARTS) is 1. The number of carbonyl (C=O) groups is 1. The van der Waals surface area contributed by atoms with Crippen molar-refractivity contribution in [1.29, 1.82) is 0 Å². The quantitative estimate of drug-likeness (QED) is 0.799. The molecule has 0 spiro atoms. The van der Waals surface area contributed by atoms with Crippen molar-refractivity contribution in [2.45, 2.75) is 19.8 Å². The van der Waals surface area contributed by atoms with Crippen LogP contribution in [0.2, 0.25) is 0 Å². The molecular formula is C20H26N6O2. The number of hydrogen-bond acceptors (Lipinski definition) is 7. The van der Waals surface area contributed by atoms with Crippen molar-refractivity contribution in [2.75, 3.05) is 26.0 Å². The van der Waals surface area contributed by atoms with Gasteiger partial charge in [-0.3, -0.25) is 9.80 Å². The zero-order valence-electron chi connectivity index (χ0n) is 16.6. The summed E-state index contributed by atoms with van der Waals surface area (Å²) < 4.78 is 0. The maximum absolute atomic E-state index is 9.00. The maximum atomic E-state index is 9.00. The van der Waals surface area contributed by atoms with E-state index in [1.165, 1.54) is 5.56 Å². The average Bonchev–Trinajstić information content (AvgIpc) is 2.98. The minimum absolute atomic E-state index is 0.176. The van der Waals surface area contributed by atoms with Crippen LogP contribution in [-0.2, 0) is 11.3 Å². The van der Waals surface area contributed by atoms with Crippen LogP contribution in [0.3, 0.4) is 0 Å². The van der Waals surface area contributed by atoms with Crippen LogP contribution in [0, 0.1) is 0 Å². The van der Waals surface area contributed by atoms with E-state index >= 15 is 0 Å². The fourth-order valence-corrected chi connectivity index (χ4v) is 2.54. The first-order valence-electron chi connectivity index (χ1n) is 8.81. The molecule has 0 bridgehead atoms. The highest BCUT2D eigenvalue weighted by molar-refractivity contribution is 5.63. The Hall–Kier alpha value is -3.42. The number of hydrogen-bond donors (Lipinski definition) is 1. The van der Waals surface area contributed by atoms with Crippen molar-refractivity contribution in [2.24, 2.45) is 15.3 Å². The second-order valence-corrected chi connectivity index (χ2v) is 6.41. The van der Waals surface area contributed by atoms with Gasteiger partial charge in [-0.1, -0.05) is 30.3 Å². The lowest BCUT2D eigenvalue weighted by Gasteiger charge is -2.20. The van der Waals surface area contributed by atoms with Gasteiger partial charge >= 0.3 is 0 Å². The average molecular weight is 382 g/mol. The van der Waals surface area contributed by atoms with Gasteiger partial charge in [-0.15, -0.1) is 5.11 Å². The second kappa shape index (κ2) is 10.1. The van der Waals surface area contributed by atoms with Crippen molar-refractivity contribution in [1.82, 2.24) is 9.91 Å². The molecule has 0 aliphatic carbocycles. The molecule has 0 amide bonds. The van der Waals surface area contributed by atoms with Gasteiger partial charge in [0.1, 0.15) is 6.34 Å². The normalized spacial score (nSPS) is 15.5. The summed E-state index contributed by atoms with van der Waals surface area (Å²) in [5, 5.41) is 22.0. The summed E-state index contributed by atoms with van der Waals surface area (Å²) in [4.78, 5) is 13.1. The third kappa shape index (κ3) is 6.39. The minimum Gasteiger partial charge on any atom is -0.481 e. The number of carboxylic acids is 1. The number of rotatable bonds is 5. The third-order valence-electron chi connectivity index (χ3n) is 3.94.